The van der Waals surface area contributed by atoms with Gasteiger partial charge in [-0.1, -0.05) is 0 Å². The maximum Gasteiger partial charge on any atom is 0.254 e. The van der Waals surface area contributed by atoms with Gasteiger partial charge in [0.25, 0.3) is 5.91 Å². The summed E-state index contributed by atoms with van der Waals surface area (Å²) in [4.78, 5) is 13.9. The summed E-state index contributed by atoms with van der Waals surface area (Å²) in [6, 6.07) is 3.26. The van der Waals surface area contributed by atoms with E-state index in [1.807, 2.05) is 13.8 Å². The summed E-state index contributed by atoms with van der Waals surface area (Å²) in [6.45, 7) is 5.18. The molecule has 1 rings (SSSR count). The highest BCUT2D eigenvalue weighted by Gasteiger charge is 2.17. The molecule has 0 aliphatic heterocycles. The number of hydrogen-bond donors (Lipinski definition) is 1. The number of carbonyl (C=O) groups is 1. The lowest BCUT2D eigenvalue weighted by atomic mass is 10.1. The number of amides is 1. The van der Waals surface area contributed by atoms with E-state index >= 15 is 0 Å². The van der Waals surface area contributed by atoms with Crippen LogP contribution in [0.3, 0.4) is 0 Å². The summed E-state index contributed by atoms with van der Waals surface area (Å²) in [5.74, 6) is 0.856. The predicted octanol–water partition coefficient (Wildman–Crippen LogP) is 1.77. The summed E-state index contributed by atoms with van der Waals surface area (Å²) in [7, 11) is 3.03. The Kier molecular flexibility index (Phi) is 4.83. The number of nitrogens with two attached hydrogens (primary N) is 1. The van der Waals surface area contributed by atoms with Crippen molar-refractivity contribution in [2.75, 3.05) is 33.0 Å². The number of anilines is 1. The van der Waals surface area contributed by atoms with Gasteiger partial charge in [0.1, 0.15) is 0 Å². The van der Waals surface area contributed by atoms with Crippen LogP contribution in [0.4, 0.5) is 5.69 Å². The lowest BCUT2D eigenvalue weighted by Crippen LogP contribution is -2.30. The van der Waals surface area contributed by atoms with Crippen LogP contribution in [0, 0.1) is 0 Å². The van der Waals surface area contributed by atoms with E-state index < -0.39 is 0 Å². The Labute approximate surface area is 107 Å². The van der Waals surface area contributed by atoms with Crippen molar-refractivity contribution in [3.05, 3.63) is 17.7 Å². The number of benzene rings is 1. The number of carbonyl (C=O) groups excluding carboxylic acids is 1. The van der Waals surface area contributed by atoms with Crippen LogP contribution in [0.15, 0.2) is 12.1 Å². The SMILES string of the molecule is CCN(CC)C(=O)c1cc(N)c(OC)c(OC)c1. The summed E-state index contributed by atoms with van der Waals surface area (Å²) < 4.78 is 10.3. The Morgan fingerprint density at radius 1 is 1.22 bits per heavy atom. The van der Waals surface area contributed by atoms with Gasteiger partial charge in [0.05, 0.1) is 19.9 Å². The first-order chi connectivity index (χ1) is 8.58. The monoisotopic (exact) mass is 252 g/mol. The fourth-order valence-electron chi connectivity index (χ4n) is 1.81. The lowest BCUT2D eigenvalue weighted by Gasteiger charge is -2.20. The first-order valence-electron chi connectivity index (χ1n) is 5.89. The molecule has 0 aliphatic carbocycles. The number of nitrogen functional groups attached to an aromatic ring is 1. The summed E-state index contributed by atoms with van der Waals surface area (Å²) in [5, 5.41) is 0. The van der Waals surface area contributed by atoms with Gasteiger partial charge in [-0.2, -0.15) is 0 Å². The second-order valence-corrected chi connectivity index (χ2v) is 3.78. The van der Waals surface area contributed by atoms with Gasteiger partial charge in [-0.15, -0.1) is 0 Å². The van der Waals surface area contributed by atoms with Gasteiger partial charge in [0, 0.05) is 18.7 Å². The highest BCUT2D eigenvalue weighted by atomic mass is 16.5. The molecule has 100 valence electrons. The predicted molar refractivity (Wildman–Crippen MR) is 71.2 cm³/mol. The van der Waals surface area contributed by atoms with Crippen molar-refractivity contribution in [3.63, 3.8) is 0 Å². The zero-order valence-electron chi connectivity index (χ0n) is 11.3. The minimum Gasteiger partial charge on any atom is -0.493 e. The maximum absolute atomic E-state index is 12.2. The minimum absolute atomic E-state index is 0.0624. The molecule has 0 fully saturated rings. The molecule has 0 spiro atoms. The standard InChI is InChI=1S/C13H20N2O3/c1-5-15(6-2)13(16)9-7-10(14)12(18-4)11(8-9)17-3/h7-8H,5-6,14H2,1-4H3. The normalized spacial score (nSPS) is 10.0. The molecule has 0 radical (unpaired) electrons. The molecule has 1 aromatic rings. The smallest absolute Gasteiger partial charge is 0.254 e. The van der Waals surface area contributed by atoms with Crippen LogP contribution < -0.4 is 15.2 Å². The number of nitrogens with zero attached hydrogens (tertiary/aromatic N) is 1. The molecule has 1 amide bonds. The van der Waals surface area contributed by atoms with Gasteiger partial charge in [-0.25, -0.2) is 0 Å². The third-order valence-electron chi connectivity index (χ3n) is 2.81. The van der Waals surface area contributed by atoms with E-state index in [0.29, 0.717) is 35.8 Å². The highest BCUT2D eigenvalue weighted by molar-refractivity contribution is 5.96. The molecule has 18 heavy (non-hydrogen) atoms. The first-order valence-corrected chi connectivity index (χ1v) is 5.89. The summed E-state index contributed by atoms with van der Waals surface area (Å²) in [5.41, 5.74) is 6.76. The third-order valence-corrected chi connectivity index (χ3v) is 2.81. The van der Waals surface area contributed by atoms with E-state index in [0.717, 1.165) is 0 Å². The Bertz CT molecular complexity index is 428. The van der Waals surface area contributed by atoms with E-state index in [1.165, 1.54) is 14.2 Å². The van der Waals surface area contributed by atoms with Crippen molar-refractivity contribution in [2.24, 2.45) is 0 Å². The second kappa shape index (κ2) is 6.14. The van der Waals surface area contributed by atoms with Gasteiger partial charge in [0.15, 0.2) is 11.5 Å². The van der Waals surface area contributed by atoms with Crippen LogP contribution in [0.2, 0.25) is 0 Å². The third kappa shape index (κ3) is 2.67. The molecule has 0 aliphatic rings. The van der Waals surface area contributed by atoms with Gasteiger partial charge >= 0.3 is 0 Å². The minimum atomic E-state index is -0.0624. The number of hydrogen-bond acceptors (Lipinski definition) is 4. The highest BCUT2D eigenvalue weighted by Crippen LogP contribution is 2.34. The molecular weight excluding hydrogens is 232 g/mol. The van der Waals surface area contributed by atoms with E-state index in [-0.39, 0.29) is 5.91 Å². The van der Waals surface area contributed by atoms with Crippen molar-refractivity contribution in [2.45, 2.75) is 13.8 Å². The average Bonchev–Trinajstić information content (AvgIpc) is 2.38. The molecule has 0 saturated heterocycles. The largest absolute Gasteiger partial charge is 0.493 e. The van der Waals surface area contributed by atoms with Crippen molar-refractivity contribution >= 4 is 11.6 Å². The molecular formula is C13H20N2O3. The van der Waals surface area contributed by atoms with Crippen molar-refractivity contribution in [3.8, 4) is 11.5 Å². The number of ether oxygens (including phenoxy) is 2. The van der Waals surface area contributed by atoms with Crippen LogP contribution in [-0.4, -0.2) is 38.1 Å². The Balaban J connectivity index is 3.19. The molecule has 0 saturated carbocycles. The number of methoxy groups -OCH3 is 2. The molecule has 0 bridgehead atoms. The fourth-order valence-corrected chi connectivity index (χ4v) is 1.81. The van der Waals surface area contributed by atoms with Crippen LogP contribution in [-0.2, 0) is 0 Å². The Hall–Kier alpha value is -1.91. The Morgan fingerprint density at radius 3 is 2.28 bits per heavy atom. The van der Waals surface area contributed by atoms with Crippen molar-refractivity contribution in [1.82, 2.24) is 4.90 Å². The molecule has 5 nitrogen and oxygen atoms in total. The van der Waals surface area contributed by atoms with Gasteiger partial charge in [-0.05, 0) is 26.0 Å². The molecule has 0 heterocycles. The van der Waals surface area contributed by atoms with Crippen molar-refractivity contribution in [1.29, 1.82) is 0 Å². The van der Waals surface area contributed by atoms with Gasteiger partial charge in [-0.3, -0.25) is 4.79 Å². The number of rotatable bonds is 5. The fraction of sp³-hybridized carbons (Fsp3) is 0.462. The van der Waals surface area contributed by atoms with Crippen molar-refractivity contribution < 1.29 is 14.3 Å². The maximum atomic E-state index is 12.2. The molecule has 0 unspecified atom stereocenters. The Morgan fingerprint density at radius 2 is 1.83 bits per heavy atom. The molecule has 1 aromatic carbocycles. The first kappa shape index (κ1) is 14.2. The van der Waals surface area contributed by atoms with Crippen LogP contribution in [0.5, 0.6) is 11.5 Å². The van der Waals surface area contributed by atoms with Gasteiger partial charge in [0.2, 0.25) is 0 Å². The van der Waals surface area contributed by atoms with E-state index in [4.69, 9.17) is 15.2 Å². The zero-order valence-corrected chi connectivity index (χ0v) is 11.3. The van der Waals surface area contributed by atoms with Crippen LogP contribution in [0.1, 0.15) is 24.2 Å². The van der Waals surface area contributed by atoms with Gasteiger partial charge < -0.3 is 20.1 Å². The summed E-state index contributed by atoms with van der Waals surface area (Å²) >= 11 is 0. The lowest BCUT2D eigenvalue weighted by molar-refractivity contribution is 0.0772. The van der Waals surface area contributed by atoms with Crippen LogP contribution in [0.25, 0.3) is 0 Å². The summed E-state index contributed by atoms with van der Waals surface area (Å²) in [6.07, 6.45) is 0. The zero-order chi connectivity index (χ0) is 13.7. The molecule has 5 heteroatoms. The van der Waals surface area contributed by atoms with E-state index in [1.54, 1.807) is 17.0 Å². The van der Waals surface area contributed by atoms with E-state index in [9.17, 15) is 4.79 Å². The molecule has 0 aromatic heterocycles. The van der Waals surface area contributed by atoms with Crippen LogP contribution >= 0.6 is 0 Å². The average molecular weight is 252 g/mol. The topological polar surface area (TPSA) is 64.8 Å². The molecule has 0 atom stereocenters. The quantitative estimate of drug-likeness (QED) is 0.811. The van der Waals surface area contributed by atoms with E-state index in [2.05, 4.69) is 0 Å². The second-order valence-electron chi connectivity index (χ2n) is 3.78. The molecule has 2 N–H and O–H groups in total.